The second kappa shape index (κ2) is 11.9. The van der Waals surface area contributed by atoms with Crippen molar-refractivity contribution < 1.29 is 72.4 Å². The molecule has 34 heavy (non-hydrogen) atoms. The number of hydrogen-bond acceptors (Lipinski definition) is 2. The van der Waals surface area contributed by atoms with Crippen molar-refractivity contribution in [2.24, 2.45) is 0 Å². The monoisotopic (exact) mass is 613 g/mol. The SMILES string of the molecule is C[N+](C)(C)c1ccc([N+](C)(C)C)cc1.O=C(C=C(O)C(F)(F)F)c1ccc2ccccc2c1.[Eu]. The van der Waals surface area contributed by atoms with Gasteiger partial charge < -0.3 is 5.11 Å². The van der Waals surface area contributed by atoms with E-state index in [9.17, 15) is 18.0 Å². The number of quaternary nitrogens is 2. The summed E-state index contributed by atoms with van der Waals surface area (Å²) in [7, 11) is 13.1. The van der Waals surface area contributed by atoms with E-state index in [0.717, 1.165) is 19.7 Å². The molecule has 1 radical (unpaired) electrons. The Morgan fingerprint density at radius 2 is 1.21 bits per heavy atom. The first-order chi connectivity index (χ1) is 15.1. The van der Waals surface area contributed by atoms with Gasteiger partial charge in [0.2, 0.25) is 5.76 Å². The summed E-state index contributed by atoms with van der Waals surface area (Å²) in [5.41, 5.74) is 2.76. The number of ketones is 1. The van der Waals surface area contributed by atoms with Gasteiger partial charge in [0, 0.05) is 85.3 Å². The Morgan fingerprint density at radius 1 is 0.765 bits per heavy atom. The van der Waals surface area contributed by atoms with E-state index in [2.05, 4.69) is 66.6 Å². The molecule has 0 atom stereocenters. The first kappa shape index (κ1) is 30.5. The molecule has 0 aliphatic heterocycles. The molecule has 3 rings (SSSR count). The van der Waals surface area contributed by atoms with Gasteiger partial charge in [0.15, 0.2) is 5.78 Å². The Bertz CT molecular complexity index is 1110. The third-order valence-corrected chi connectivity index (χ3v) is 4.99. The molecule has 3 aromatic carbocycles. The predicted octanol–water partition coefficient (Wildman–Crippen LogP) is 6.11. The van der Waals surface area contributed by atoms with Crippen molar-refractivity contribution in [2.75, 3.05) is 42.3 Å². The molecule has 1 N–H and O–H groups in total. The number of allylic oxidation sites excluding steroid dienone is 2. The van der Waals surface area contributed by atoms with Gasteiger partial charge in [-0.1, -0.05) is 36.4 Å². The second-order valence-electron chi connectivity index (χ2n) is 9.49. The summed E-state index contributed by atoms with van der Waals surface area (Å²) in [4.78, 5) is 11.6. The van der Waals surface area contributed by atoms with Crippen LogP contribution in [-0.4, -0.2) is 59.4 Å². The summed E-state index contributed by atoms with van der Waals surface area (Å²) in [5, 5.41) is 10.4. The normalized spacial score (nSPS) is 12.4. The summed E-state index contributed by atoms with van der Waals surface area (Å²) < 4.78 is 38.1. The fourth-order valence-corrected chi connectivity index (χ4v) is 2.98. The summed E-state index contributed by atoms with van der Waals surface area (Å²) in [6.07, 6.45) is -4.73. The summed E-state index contributed by atoms with van der Waals surface area (Å²) in [5.74, 6) is -2.79. The number of hydrogen-bond donors (Lipinski definition) is 1. The largest absolute Gasteiger partial charge is 0.504 e. The van der Waals surface area contributed by atoms with Crippen molar-refractivity contribution in [1.29, 1.82) is 0 Å². The number of alkyl halides is 3. The minimum atomic E-state index is -4.91. The van der Waals surface area contributed by atoms with Crippen LogP contribution < -0.4 is 8.97 Å². The van der Waals surface area contributed by atoms with Crippen LogP contribution in [0.5, 0.6) is 0 Å². The van der Waals surface area contributed by atoms with E-state index in [1.807, 2.05) is 12.1 Å². The average Bonchev–Trinajstić information content (AvgIpc) is 2.72. The number of carbonyl (C=O) groups excluding carboxylic acids is 1. The number of rotatable bonds is 4. The summed E-state index contributed by atoms with van der Waals surface area (Å²) in [6.45, 7) is 0. The average molecular weight is 613 g/mol. The predicted molar refractivity (Wildman–Crippen MR) is 131 cm³/mol. The van der Waals surface area contributed by atoms with E-state index < -0.39 is 17.7 Å². The number of nitrogens with zero attached hydrogens (tertiary/aromatic N) is 2. The molecule has 0 bridgehead atoms. The van der Waals surface area contributed by atoms with Crippen LogP contribution in [0.2, 0.25) is 0 Å². The Labute approximate surface area is 240 Å². The minimum absolute atomic E-state index is 0. The van der Waals surface area contributed by atoms with Gasteiger partial charge in [0.05, 0.1) is 42.3 Å². The van der Waals surface area contributed by atoms with Gasteiger partial charge in [-0.2, -0.15) is 13.2 Å². The molecule has 8 heteroatoms. The minimum Gasteiger partial charge on any atom is -0.504 e. The van der Waals surface area contributed by atoms with Crippen LogP contribution in [0.25, 0.3) is 10.8 Å². The second-order valence-corrected chi connectivity index (χ2v) is 9.49. The van der Waals surface area contributed by atoms with Crippen LogP contribution in [0, 0.1) is 49.4 Å². The Balaban J connectivity index is 0.000000346. The van der Waals surface area contributed by atoms with E-state index in [4.69, 9.17) is 5.11 Å². The molecule has 183 valence electrons. The quantitative estimate of drug-likeness (QED) is 0.167. The molecule has 4 nitrogen and oxygen atoms in total. The number of benzene rings is 3. The van der Waals surface area contributed by atoms with Gasteiger partial charge in [-0.25, -0.2) is 0 Å². The number of aliphatic hydroxyl groups is 1. The van der Waals surface area contributed by atoms with E-state index in [-0.39, 0.29) is 61.0 Å². The van der Waals surface area contributed by atoms with E-state index in [0.29, 0.717) is 0 Å². The van der Waals surface area contributed by atoms with Crippen molar-refractivity contribution in [1.82, 2.24) is 8.97 Å². The number of fused-ring (bicyclic) bond motifs is 1. The summed E-state index contributed by atoms with van der Waals surface area (Å²) in [6, 6.07) is 20.5. The maximum atomic E-state index is 12.1. The molecule has 0 heterocycles. The third-order valence-electron chi connectivity index (χ3n) is 4.99. The molecule has 0 fully saturated rings. The van der Waals surface area contributed by atoms with Gasteiger partial charge in [0.25, 0.3) is 0 Å². The van der Waals surface area contributed by atoms with Crippen molar-refractivity contribution in [3.8, 4) is 0 Å². The van der Waals surface area contributed by atoms with Crippen molar-refractivity contribution >= 4 is 27.9 Å². The van der Waals surface area contributed by atoms with Crippen LogP contribution in [0.4, 0.5) is 24.5 Å². The molecule has 3 aromatic rings. The van der Waals surface area contributed by atoms with Crippen LogP contribution in [-0.2, 0) is 0 Å². The zero-order valence-corrected chi connectivity index (χ0v) is 22.6. The first-order valence-corrected chi connectivity index (χ1v) is 10.3. The maximum Gasteiger partial charge on any atom is 0.448 e. The standard InChI is InChI=1S/C14H9F3O2.C12H22N2.Eu/c15-14(16,17)13(19)8-12(18)11-6-5-9-3-1-2-4-10(9)7-11;1-13(2,3)11-7-9-12(10-8-11)14(4,5)6;/h1-8,19H;7-10H,1-6H3;/q;+2;. The third kappa shape index (κ3) is 8.89. The van der Waals surface area contributed by atoms with E-state index in [1.54, 1.807) is 18.2 Å². The van der Waals surface area contributed by atoms with E-state index in [1.165, 1.54) is 23.5 Å². The maximum absolute atomic E-state index is 12.1. The zero-order chi connectivity index (χ0) is 25.0. The number of aliphatic hydroxyl groups excluding tert-OH is 1. The van der Waals surface area contributed by atoms with Crippen molar-refractivity contribution in [2.45, 2.75) is 6.18 Å². The molecular formula is C26H31EuF3N2O2+2. The van der Waals surface area contributed by atoms with Crippen molar-refractivity contribution in [3.05, 3.63) is 84.1 Å². The molecule has 0 amide bonds. The fourth-order valence-electron chi connectivity index (χ4n) is 2.98. The molecule has 0 aliphatic rings. The fraction of sp³-hybridized carbons (Fsp3) is 0.269. The van der Waals surface area contributed by atoms with Crippen LogP contribution in [0.15, 0.2) is 78.6 Å². The van der Waals surface area contributed by atoms with Gasteiger partial charge >= 0.3 is 6.18 Å². The van der Waals surface area contributed by atoms with Gasteiger partial charge in [0.1, 0.15) is 11.4 Å². The zero-order valence-electron chi connectivity index (χ0n) is 20.2. The topological polar surface area (TPSA) is 37.3 Å². The Kier molecular flexibility index (Phi) is 10.7. The molecule has 0 aliphatic carbocycles. The Hall–Kier alpha value is -1.58. The van der Waals surface area contributed by atoms with Crippen LogP contribution >= 0.6 is 0 Å². The van der Waals surface area contributed by atoms with Crippen molar-refractivity contribution in [3.63, 3.8) is 0 Å². The smallest absolute Gasteiger partial charge is 0.448 e. The van der Waals surface area contributed by atoms with Gasteiger partial charge in [-0.15, -0.1) is 0 Å². The number of carbonyl (C=O) groups is 1. The van der Waals surface area contributed by atoms with Crippen LogP contribution in [0.1, 0.15) is 10.4 Å². The molecule has 0 aromatic heterocycles. The van der Waals surface area contributed by atoms with E-state index >= 15 is 0 Å². The summed E-state index contributed by atoms with van der Waals surface area (Å²) >= 11 is 0. The molecule has 0 saturated carbocycles. The first-order valence-electron chi connectivity index (χ1n) is 10.3. The number of halogens is 3. The molecule has 0 saturated heterocycles. The Morgan fingerprint density at radius 3 is 1.62 bits per heavy atom. The van der Waals surface area contributed by atoms with Gasteiger partial charge in [-0.05, 0) is 16.8 Å². The van der Waals surface area contributed by atoms with Gasteiger partial charge in [-0.3, -0.25) is 13.8 Å². The molecular weight excluding hydrogens is 581 g/mol. The molecule has 0 unspecified atom stereocenters. The molecule has 0 spiro atoms. The van der Waals surface area contributed by atoms with Crippen LogP contribution in [0.3, 0.4) is 0 Å².